The van der Waals surface area contributed by atoms with Gasteiger partial charge in [-0.1, -0.05) is 31.5 Å². The minimum atomic E-state index is 0.398. The summed E-state index contributed by atoms with van der Waals surface area (Å²) in [5.74, 6) is 2.13. The molecule has 134 valence electrons. The number of aromatic nitrogens is 1. The first-order valence-electron chi connectivity index (χ1n) is 8.48. The number of fused-ring (bicyclic) bond motifs is 1. The molecule has 0 bridgehead atoms. The Morgan fingerprint density at radius 1 is 1.12 bits per heavy atom. The number of carbonyl (C=O) groups excluding carboxylic acids is 1. The van der Waals surface area contributed by atoms with Gasteiger partial charge in [0.05, 0.1) is 17.1 Å². The molecule has 0 saturated heterocycles. The van der Waals surface area contributed by atoms with Gasteiger partial charge >= 0.3 is 0 Å². The van der Waals surface area contributed by atoms with Gasteiger partial charge in [-0.05, 0) is 41.8 Å². The van der Waals surface area contributed by atoms with Crippen LogP contribution in [-0.2, 0) is 11.2 Å². The molecular formula is C21H20ClNO3. The average molecular weight is 370 g/mol. The topological polar surface area (TPSA) is 48.4 Å². The molecule has 0 radical (unpaired) electrons. The summed E-state index contributed by atoms with van der Waals surface area (Å²) in [4.78, 5) is 15.1. The lowest BCUT2D eigenvalue weighted by atomic mass is 10.1. The number of pyridine rings is 1. The first kappa shape index (κ1) is 18.2. The van der Waals surface area contributed by atoms with Crippen molar-refractivity contribution in [2.75, 3.05) is 6.61 Å². The molecule has 1 aromatic heterocycles. The molecule has 0 atom stereocenters. The van der Waals surface area contributed by atoms with Gasteiger partial charge in [0.1, 0.15) is 17.8 Å². The highest BCUT2D eigenvalue weighted by atomic mass is 35.5. The van der Waals surface area contributed by atoms with E-state index in [1.807, 2.05) is 30.3 Å². The predicted octanol–water partition coefficient (Wildman–Crippen LogP) is 5.46. The van der Waals surface area contributed by atoms with Crippen molar-refractivity contribution in [2.45, 2.75) is 20.3 Å². The summed E-state index contributed by atoms with van der Waals surface area (Å²) >= 11 is 6.30. The summed E-state index contributed by atoms with van der Waals surface area (Å²) in [6, 6.07) is 14.8. The van der Waals surface area contributed by atoms with Crippen LogP contribution in [0.25, 0.3) is 10.9 Å². The Bertz CT molecular complexity index is 924. The van der Waals surface area contributed by atoms with E-state index < -0.39 is 0 Å². The van der Waals surface area contributed by atoms with Crippen molar-refractivity contribution >= 4 is 28.8 Å². The average Bonchev–Trinajstić information content (AvgIpc) is 2.62. The maximum Gasteiger partial charge on any atom is 0.219 e. The smallest absolute Gasteiger partial charge is 0.219 e. The maximum atomic E-state index is 10.6. The Kier molecular flexibility index (Phi) is 5.74. The molecule has 0 N–H and O–H groups in total. The molecule has 0 aliphatic carbocycles. The quantitative estimate of drug-likeness (QED) is 0.519. The van der Waals surface area contributed by atoms with Crippen LogP contribution in [0.2, 0.25) is 5.02 Å². The fraction of sp³-hybridized carbons (Fsp3) is 0.238. The fourth-order valence-electron chi connectivity index (χ4n) is 2.47. The van der Waals surface area contributed by atoms with Gasteiger partial charge in [0.15, 0.2) is 0 Å². The van der Waals surface area contributed by atoms with Gasteiger partial charge in [-0.2, -0.15) is 0 Å². The highest BCUT2D eigenvalue weighted by Gasteiger charge is 2.08. The highest BCUT2D eigenvalue weighted by molar-refractivity contribution is 6.32. The summed E-state index contributed by atoms with van der Waals surface area (Å²) in [6.07, 6.45) is 1.29. The number of carbonyl (C=O) groups is 1. The number of nitrogens with zero attached hydrogens (tertiary/aromatic N) is 1. The number of hydrogen-bond donors (Lipinski definition) is 0. The fourth-order valence-corrected chi connectivity index (χ4v) is 2.68. The molecule has 5 heteroatoms. The van der Waals surface area contributed by atoms with Gasteiger partial charge in [0.2, 0.25) is 5.88 Å². The van der Waals surface area contributed by atoms with Crippen LogP contribution in [0, 0.1) is 5.92 Å². The third kappa shape index (κ3) is 4.52. The van der Waals surface area contributed by atoms with Crippen LogP contribution in [0.15, 0.2) is 48.5 Å². The third-order valence-electron chi connectivity index (χ3n) is 3.75. The summed E-state index contributed by atoms with van der Waals surface area (Å²) < 4.78 is 11.5. The number of benzene rings is 2. The van der Waals surface area contributed by atoms with Gasteiger partial charge in [-0.25, -0.2) is 4.98 Å². The first-order valence-corrected chi connectivity index (χ1v) is 8.86. The Morgan fingerprint density at radius 3 is 2.69 bits per heavy atom. The zero-order valence-corrected chi connectivity index (χ0v) is 15.5. The molecule has 0 aliphatic rings. The van der Waals surface area contributed by atoms with E-state index in [0.29, 0.717) is 41.3 Å². The second-order valence-corrected chi connectivity index (χ2v) is 6.85. The number of halogens is 1. The molecule has 0 amide bonds. The highest BCUT2D eigenvalue weighted by Crippen LogP contribution is 2.32. The predicted molar refractivity (Wildman–Crippen MR) is 103 cm³/mol. The molecule has 26 heavy (non-hydrogen) atoms. The van der Waals surface area contributed by atoms with Gasteiger partial charge < -0.3 is 14.3 Å². The zero-order chi connectivity index (χ0) is 18.5. The van der Waals surface area contributed by atoms with Crippen molar-refractivity contribution in [3.63, 3.8) is 0 Å². The number of hydrogen-bond acceptors (Lipinski definition) is 4. The number of aldehydes is 1. The van der Waals surface area contributed by atoms with Gasteiger partial charge in [-0.3, -0.25) is 0 Å². The maximum absolute atomic E-state index is 10.6. The van der Waals surface area contributed by atoms with Crippen molar-refractivity contribution < 1.29 is 14.3 Å². The first-order chi connectivity index (χ1) is 12.5. The Labute approximate surface area is 157 Å². The molecule has 3 aromatic rings. The van der Waals surface area contributed by atoms with E-state index in [0.717, 1.165) is 22.8 Å². The summed E-state index contributed by atoms with van der Waals surface area (Å²) in [5, 5.41) is 1.43. The molecular weight excluding hydrogens is 350 g/mol. The monoisotopic (exact) mass is 369 g/mol. The van der Waals surface area contributed by atoms with Crippen molar-refractivity contribution in [3.05, 3.63) is 59.1 Å². The number of rotatable bonds is 7. The van der Waals surface area contributed by atoms with Crippen LogP contribution in [0.4, 0.5) is 0 Å². The Morgan fingerprint density at radius 2 is 1.96 bits per heavy atom. The van der Waals surface area contributed by atoms with Crippen molar-refractivity contribution in [2.24, 2.45) is 5.92 Å². The minimum absolute atomic E-state index is 0.398. The normalized spacial score (nSPS) is 10.9. The van der Waals surface area contributed by atoms with Crippen LogP contribution in [0.5, 0.6) is 17.4 Å². The molecule has 0 unspecified atom stereocenters. The van der Waals surface area contributed by atoms with Crippen LogP contribution in [0.1, 0.15) is 19.4 Å². The SMILES string of the molecule is CC(C)COc1ccc(Oc2ccc3cc(CC=O)ccc3n2)c(Cl)c1. The third-order valence-corrected chi connectivity index (χ3v) is 4.04. The van der Waals surface area contributed by atoms with Gasteiger partial charge in [0, 0.05) is 23.9 Å². The van der Waals surface area contributed by atoms with Gasteiger partial charge in [-0.15, -0.1) is 0 Å². The molecule has 0 saturated carbocycles. The van der Waals surface area contributed by atoms with Crippen LogP contribution >= 0.6 is 11.6 Å². The van der Waals surface area contributed by atoms with Crippen LogP contribution < -0.4 is 9.47 Å². The van der Waals surface area contributed by atoms with Crippen LogP contribution in [-0.4, -0.2) is 17.9 Å². The van der Waals surface area contributed by atoms with Crippen molar-refractivity contribution in [3.8, 4) is 17.4 Å². The lowest BCUT2D eigenvalue weighted by Crippen LogP contribution is -2.04. The van der Waals surface area contributed by atoms with Crippen molar-refractivity contribution in [1.82, 2.24) is 4.98 Å². The summed E-state index contributed by atoms with van der Waals surface area (Å²) in [6.45, 7) is 4.81. The Hall–Kier alpha value is -2.59. The molecule has 0 aliphatic heterocycles. The van der Waals surface area contributed by atoms with E-state index >= 15 is 0 Å². The molecule has 1 heterocycles. The molecule has 3 rings (SSSR count). The Balaban J connectivity index is 1.77. The van der Waals surface area contributed by atoms with E-state index in [1.54, 1.807) is 18.2 Å². The van der Waals surface area contributed by atoms with E-state index in [9.17, 15) is 4.79 Å². The van der Waals surface area contributed by atoms with E-state index in [1.165, 1.54) is 0 Å². The second kappa shape index (κ2) is 8.19. The standard InChI is InChI=1S/C21H20ClNO3/c1-14(2)13-25-17-5-7-20(18(22)12-17)26-21-8-4-16-11-15(9-10-24)3-6-19(16)23-21/h3-8,10-12,14H,9,13H2,1-2H3. The largest absolute Gasteiger partial charge is 0.493 e. The van der Waals surface area contributed by atoms with Crippen LogP contribution in [0.3, 0.4) is 0 Å². The summed E-state index contributed by atoms with van der Waals surface area (Å²) in [7, 11) is 0. The van der Waals surface area contributed by atoms with Crippen molar-refractivity contribution in [1.29, 1.82) is 0 Å². The minimum Gasteiger partial charge on any atom is -0.493 e. The van der Waals surface area contributed by atoms with E-state index in [-0.39, 0.29) is 0 Å². The number of ether oxygens (including phenoxy) is 2. The molecule has 4 nitrogen and oxygen atoms in total. The van der Waals surface area contributed by atoms with E-state index in [2.05, 4.69) is 18.8 Å². The molecule has 2 aromatic carbocycles. The second-order valence-electron chi connectivity index (χ2n) is 6.45. The van der Waals surface area contributed by atoms with Gasteiger partial charge in [0.25, 0.3) is 0 Å². The lowest BCUT2D eigenvalue weighted by Gasteiger charge is -2.11. The lowest BCUT2D eigenvalue weighted by molar-refractivity contribution is -0.107. The summed E-state index contributed by atoms with van der Waals surface area (Å²) in [5.41, 5.74) is 1.76. The van der Waals surface area contributed by atoms with E-state index in [4.69, 9.17) is 21.1 Å². The molecule has 0 fully saturated rings. The molecule has 0 spiro atoms. The zero-order valence-electron chi connectivity index (χ0n) is 14.7.